The zero-order valence-corrected chi connectivity index (χ0v) is 16.8. The largest absolute Gasteiger partial charge is 0.507 e. The van der Waals surface area contributed by atoms with E-state index in [0.29, 0.717) is 43.9 Å². The molecule has 0 amide bonds. The molecule has 134 valence electrons. The lowest BCUT2D eigenvalue weighted by atomic mass is 10.2. The van der Waals surface area contributed by atoms with Crippen molar-refractivity contribution in [3.8, 4) is 17.2 Å². The number of fused-ring (bicyclic) bond motifs is 1. The molecule has 1 aromatic heterocycles. The second kappa shape index (κ2) is 7.35. The van der Waals surface area contributed by atoms with E-state index in [1.54, 1.807) is 54.7 Å². The molecule has 0 unspecified atom stereocenters. The Morgan fingerprint density at radius 3 is 2.70 bits per heavy atom. The normalized spacial score (nSPS) is 11.5. The van der Waals surface area contributed by atoms with Gasteiger partial charge < -0.3 is 9.52 Å². The number of benzene rings is 3. The van der Waals surface area contributed by atoms with E-state index in [2.05, 4.69) is 25.9 Å². The van der Waals surface area contributed by atoms with Gasteiger partial charge in [0.05, 0.1) is 16.3 Å². The molecule has 4 nitrogen and oxygen atoms in total. The smallest absolute Gasteiger partial charge is 0.228 e. The van der Waals surface area contributed by atoms with Crippen molar-refractivity contribution in [3.05, 3.63) is 74.7 Å². The summed E-state index contributed by atoms with van der Waals surface area (Å²) in [6, 6.07) is 15.7. The summed E-state index contributed by atoms with van der Waals surface area (Å²) in [4.78, 5) is 8.90. The second-order valence-corrected chi connectivity index (χ2v) is 7.52. The van der Waals surface area contributed by atoms with Gasteiger partial charge in [0.25, 0.3) is 0 Å². The fourth-order valence-corrected chi connectivity index (χ4v) is 3.42. The molecule has 0 radical (unpaired) electrons. The Morgan fingerprint density at radius 2 is 1.89 bits per heavy atom. The molecular weight excluding hydrogens is 451 g/mol. The van der Waals surface area contributed by atoms with Crippen molar-refractivity contribution in [3.63, 3.8) is 0 Å². The van der Waals surface area contributed by atoms with Crippen LogP contribution in [0.3, 0.4) is 0 Å². The predicted molar refractivity (Wildman–Crippen MR) is 113 cm³/mol. The highest BCUT2D eigenvalue weighted by Gasteiger charge is 2.12. The molecular formula is C20H11BrCl2N2O2. The second-order valence-electron chi connectivity index (χ2n) is 5.76. The number of phenolic OH excluding ortho intramolecular Hbond substituents is 1. The molecule has 1 N–H and O–H groups in total. The summed E-state index contributed by atoms with van der Waals surface area (Å²) in [7, 11) is 0. The number of hydrogen-bond donors (Lipinski definition) is 1. The van der Waals surface area contributed by atoms with Crippen molar-refractivity contribution in [2.75, 3.05) is 0 Å². The summed E-state index contributed by atoms with van der Waals surface area (Å²) < 4.78 is 6.65. The summed E-state index contributed by atoms with van der Waals surface area (Å²) in [5.74, 6) is 0.571. The van der Waals surface area contributed by atoms with Crippen LogP contribution in [0.5, 0.6) is 5.75 Å². The zero-order chi connectivity index (χ0) is 19.0. The number of aromatic hydroxyl groups is 1. The van der Waals surface area contributed by atoms with E-state index < -0.39 is 0 Å². The van der Waals surface area contributed by atoms with Crippen LogP contribution in [0.4, 0.5) is 5.69 Å². The molecule has 3 aromatic carbocycles. The van der Waals surface area contributed by atoms with Gasteiger partial charge in [-0.25, -0.2) is 4.98 Å². The predicted octanol–water partition coefficient (Wildman–Crippen LogP) is 7.02. The fraction of sp³-hybridized carbons (Fsp3) is 0. The number of phenols is 1. The van der Waals surface area contributed by atoms with Crippen molar-refractivity contribution in [1.82, 2.24) is 4.98 Å². The van der Waals surface area contributed by atoms with Gasteiger partial charge in [0.2, 0.25) is 5.89 Å². The van der Waals surface area contributed by atoms with E-state index in [-0.39, 0.29) is 5.75 Å². The van der Waals surface area contributed by atoms with Crippen LogP contribution in [0.1, 0.15) is 5.56 Å². The zero-order valence-electron chi connectivity index (χ0n) is 13.7. The quantitative estimate of drug-likeness (QED) is 0.333. The lowest BCUT2D eigenvalue weighted by Gasteiger charge is -1.99. The van der Waals surface area contributed by atoms with E-state index in [1.165, 1.54) is 0 Å². The Balaban J connectivity index is 1.68. The number of rotatable bonds is 3. The SMILES string of the molecule is Oc1ccc(Br)cc1C=Nc1ccc2oc(-c3ccc(Cl)cc3Cl)nc2c1. The Hall–Kier alpha value is -2.34. The topological polar surface area (TPSA) is 58.6 Å². The number of halogens is 3. The van der Waals surface area contributed by atoms with Gasteiger partial charge in [-0.1, -0.05) is 39.1 Å². The standard InChI is InChI=1S/C20H11BrCl2N2O2/c21-12-1-5-18(26)11(7-12)10-24-14-3-6-19-17(9-14)25-20(27-19)15-4-2-13(22)8-16(15)23/h1-10,26H. The van der Waals surface area contributed by atoms with Gasteiger partial charge in [-0.3, -0.25) is 4.99 Å². The van der Waals surface area contributed by atoms with Crippen LogP contribution < -0.4 is 0 Å². The van der Waals surface area contributed by atoms with Gasteiger partial charge in [0, 0.05) is 21.3 Å². The van der Waals surface area contributed by atoms with E-state index in [4.69, 9.17) is 27.6 Å². The molecule has 1 heterocycles. The molecule has 0 aliphatic heterocycles. The number of aliphatic imine (C=N–C) groups is 1. The van der Waals surface area contributed by atoms with Crippen molar-refractivity contribution >= 4 is 62.1 Å². The Kier molecular flexibility index (Phi) is 4.91. The van der Waals surface area contributed by atoms with E-state index in [9.17, 15) is 5.11 Å². The number of aromatic nitrogens is 1. The highest BCUT2D eigenvalue weighted by molar-refractivity contribution is 9.10. The molecule has 27 heavy (non-hydrogen) atoms. The molecule has 7 heteroatoms. The summed E-state index contributed by atoms with van der Waals surface area (Å²) >= 11 is 15.5. The maximum atomic E-state index is 9.90. The first-order chi connectivity index (χ1) is 13.0. The number of oxazole rings is 1. The molecule has 0 bridgehead atoms. The van der Waals surface area contributed by atoms with E-state index in [1.807, 2.05) is 6.07 Å². The third kappa shape index (κ3) is 3.86. The minimum absolute atomic E-state index is 0.157. The van der Waals surface area contributed by atoms with Gasteiger partial charge >= 0.3 is 0 Å². The number of nitrogens with zero attached hydrogens (tertiary/aromatic N) is 2. The fourth-order valence-electron chi connectivity index (χ4n) is 2.55. The van der Waals surface area contributed by atoms with E-state index in [0.717, 1.165) is 4.47 Å². The van der Waals surface area contributed by atoms with Crippen LogP contribution in [0.25, 0.3) is 22.6 Å². The van der Waals surface area contributed by atoms with Crippen molar-refractivity contribution < 1.29 is 9.52 Å². The number of hydrogen-bond acceptors (Lipinski definition) is 4. The van der Waals surface area contributed by atoms with Gasteiger partial charge in [-0.05, 0) is 54.6 Å². The van der Waals surface area contributed by atoms with Gasteiger partial charge in [-0.2, -0.15) is 0 Å². The summed E-state index contributed by atoms with van der Waals surface area (Å²) in [6.07, 6.45) is 1.60. The van der Waals surface area contributed by atoms with Crippen LogP contribution in [0.15, 0.2) is 68.5 Å². The van der Waals surface area contributed by atoms with Gasteiger partial charge in [0.15, 0.2) is 5.58 Å². The maximum Gasteiger partial charge on any atom is 0.228 e. The van der Waals surface area contributed by atoms with Crippen molar-refractivity contribution in [2.24, 2.45) is 4.99 Å². The molecule has 0 saturated carbocycles. The highest BCUT2D eigenvalue weighted by atomic mass is 79.9. The summed E-state index contributed by atoms with van der Waals surface area (Å²) in [6.45, 7) is 0. The maximum absolute atomic E-state index is 9.90. The molecule has 0 aliphatic rings. The van der Waals surface area contributed by atoms with Gasteiger partial charge in [-0.15, -0.1) is 0 Å². The van der Waals surface area contributed by atoms with Crippen molar-refractivity contribution in [2.45, 2.75) is 0 Å². The first kappa shape index (κ1) is 18.0. The van der Waals surface area contributed by atoms with Crippen LogP contribution in [-0.4, -0.2) is 16.3 Å². The molecule has 0 spiro atoms. The molecule has 4 rings (SSSR count). The van der Waals surface area contributed by atoms with E-state index >= 15 is 0 Å². The molecule has 0 saturated heterocycles. The molecule has 0 fully saturated rings. The Bertz CT molecular complexity index is 1190. The lowest BCUT2D eigenvalue weighted by Crippen LogP contribution is -1.82. The molecule has 0 aliphatic carbocycles. The third-order valence-corrected chi connectivity index (χ3v) is 4.92. The minimum atomic E-state index is 0.157. The lowest BCUT2D eigenvalue weighted by molar-refractivity contribution is 0.474. The van der Waals surface area contributed by atoms with Crippen LogP contribution >= 0.6 is 39.1 Å². The molecule has 4 aromatic rings. The average Bonchev–Trinajstić information content (AvgIpc) is 3.05. The minimum Gasteiger partial charge on any atom is -0.507 e. The van der Waals surface area contributed by atoms with Crippen LogP contribution in [-0.2, 0) is 0 Å². The Labute approximate surface area is 173 Å². The highest BCUT2D eigenvalue weighted by Crippen LogP contribution is 2.33. The monoisotopic (exact) mass is 460 g/mol. The van der Waals surface area contributed by atoms with Crippen LogP contribution in [0, 0.1) is 0 Å². The molecule has 0 atom stereocenters. The van der Waals surface area contributed by atoms with Crippen molar-refractivity contribution in [1.29, 1.82) is 0 Å². The first-order valence-electron chi connectivity index (χ1n) is 7.88. The van der Waals surface area contributed by atoms with Gasteiger partial charge in [0.1, 0.15) is 11.3 Å². The average molecular weight is 462 g/mol. The first-order valence-corrected chi connectivity index (χ1v) is 9.43. The third-order valence-electron chi connectivity index (χ3n) is 3.87. The van der Waals surface area contributed by atoms with Crippen LogP contribution in [0.2, 0.25) is 10.0 Å². The summed E-state index contributed by atoms with van der Waals surface area (Å²) in [5, 5.41) is 10.9. The Morgan fingerprint density at radius 1 is 1.04 bits per heavy atom. The summed E-state index contributed by atoms with van der Waals surface area (Å²) in [5.41, 5.74) is 3.24.